The second-order valence-corrected chi connectivity index (χ2v) is 8.11. The van der Waals surface area contributed by atoms with E-state index in [1.807, 2.05) is 0 Å². The Morgan fingerprint density at radius 2 is 1.74 bits per heavy atom. The fourth-order valence-corrected chi connectivity index (χ4v) is 4.82. The largest absolute Gasteiger partial charge is 0.372 e. The summed E-state index contributed by atoms with van der Waals surface area (Å²) in [6, 6.07) is 12.0. The number of likely N-dealkylation sites (N-methyl/N-ethyl adjacent to an activating group) is 1. The lowest BCUT2D eigenvalue weighted by Crippen LogP contribution is -2.36. The molecule has 0 saturated heterocycles. The van der Waals surface area contributed by atoms with Crippen molar-refractivity contribution in [1.29, 1.82) is 0 Å². The Morgan fingerprint density at radius 1 is 1.00 bits per heavy atom. The Kier molecular flexibility index (Phi) is 5.20. The molecule has 2 aromatic carbocycles. The normalized spacial score (nSPS) is 16.0. The van der Waals surface area contributed by atoms with Crippen molar-refractivity contribution in [2.24, 2.45) is 0 Å². The van der Waals surface area contributed by atoms with E-state index in [4.69, 9.17) is 0 Å². The van der Waals surface area contributed by atoms with E-state index in [1.165, 1.54) is 44.9 Å². The van der Waals surface area contributed by atoms with Gasteiger partial charge in [-0.1, -0.05) is 27.3 Å². The molecule has 1 heterocycles. The quantitative estimate of drug-likeness (QED) is 0.751. The number of fused-ring (bicyclic) bond motifs is 3. The van der Waals surface area contributed by atoms with Gasteiger partial charge >= 0.3 is 0 Å². The van der Waals surface area contributed by atoms with Crippen LogP contribution in [0, 0.1) is 0 Å². The average molecular weight is 364 g/mol. The Labute approximate surface area is 164 Å². The van der Waals surface area contributed by atoms with E-state index in [1.54, 1.807) is 0 Å². The van der Waals surface area contributed by atoms with Gasteiger partial charge in [-0.15, -0.1) is 0 Å². The molecule has 144 valence electrons. The second-order valence-electron chi connectivity index (χ2n) is 8.11. The van der Waals surface area contributed by atoms with Gasteiger partial charge in [-0.25, -0.2) is 4.58 Å². The molecule has 2 aromatic rings. The monoisotopic (exact) mass is 363 g/mol. The topological polar surface area (TPSA) is 6.25 Å². The molecule has 0 spiro atoms. The van der Waals surface area contributed by atoms with Crippen molar-refractivity contribution in [2.45, 2.75) is 53.9 Å². The summed E-state index contributed by atoms with van der Waals surface area (Å²) in [5.74, 6) is 0. The molecule has 0 saturated carbocycles. The van der Waals surface area contributed by atoms with Crippen LogP contribution < -0.4 is 20.1 Å². The van der Waals surface area contributed by atoms with Gasteiger partial charge in [0.25, 0.3) is 0 Å². The standard InChI is InChI=1S/C24H31N2.CH4/c1-6-25(7-2)20-10-9-17-13-19-14-18-11-12-26(8-3)23(18)16-22(19)24(4,5)21(17)15-20;/h9-10,13-16H,6-8,11-12H2,1-5H3;1H4/q+1;. The van der Waals surface area contributed by atoms with Crippen molar-refractivity contribution in [3.8, 4) is 0 Å². The maximum absolute atomic E-state index is 2.52. The summed E-state index contributed by atoms with van der Waals surface area (Å²) in [5, 5.41) is 2.87. The summed E-state index contributed by atoms with van der Waals surface area (Å²) < 4.78 is 2.52. The third kappa shape index (κ3) is 2.99. The number of benzene rings is 2. The number of rotatable bonds is 4. The van der Waals surface area contributed by atoms with Crippen LogP contribution in [0.5, 0.6) is 0 Å². The van der Waals surface area contributed by atoms with Crippen molar-refractivity contribution in [1.82, 2.24) is 4.58 Å². The molecular weight excluding hydrogens is 328 g/mol. The lowest BCUT2D eigenvalue weighted by Gasteiger charge is -2.33. The minimum Gasteiger partial charge on any atom is -0.372 e. The molecule has 0 atom stereocenters. The first-order valence-corrected chi connectivity index (χ1v) is 10.2. The summed E-state index contributed by atoms with van der Waals surface area (Å²) in [6.07, 6.45) is 3.58. The summed E-state index contributed by atoms with van der Waals surface area (Å²) in [7, 11) is 0. The van der Waals surface area contributed by atoms with Gasteiger partial charge in [0.05, 0.1) is 0 Å². The van der Waals surface area contributed by atoms with Crippen molar-refractivity contribution < 1.29 is 0 Å². The van der Waals surface area contributed by atoms with Gasteiger partial charge in [0.15, 0.2) is 0 Å². The maximum Gasteiger partial charge on any atom is 0.203 e. The average Bonchev–Trinajstić information content (AvgIpc) is 3.04. The van der Waals surface area contributed by atoms with Crippen LogP contribution in [0.3, 0.4) is 0 Å². The van der Waals surface area contributed by atoms with Gasteiger partial charge in [-0.2, -0.15) is 0 Å². The fourth-order valence-electron chi connectivity index (χ4n) is 4.82. The molecule has 4 rings (SSSR count). The van der Waals surface area contributed by atoms with E-state index in [-0.39, 0.29) is 12.8 Å². The molecule has 1 aliphatic heterocycles. The van der Waals surface area contributed by atoms with Gasteiger partial charge in [0.1, 0.15) is 13.1 Å². The van der Waals surface area contributed by atoms with Crippen molar-refractivity contribution in [2.75, 3.05) is 31.1 Å². The fraction of sp³-hybridized carbons (Fsp3) is 0.480. The van der Waals surface area contributed by atoms with Crippen molar-refractivity contribution in [3.63, 3.8) is 0 Å². The number of hydrogen-bond donors (Lipinski definition) is 0. The van der Waals surface area contributed by atoms with Gasteiger partial charge in [0.2, 0.25) is 5.36 Å². The lowest BCUT2D eigenvalue weighted by atomic mass is 9.71. The Balaban J connectivity index is 0.00000210. The Bertz CT molecular complexity index is 978. The van der Waals surface area contributed by atoms with Crippen LogP contribution in [0.25, 0.3) is 6.08 Å². The van der Waals surface area contributed by atoms with Crippen molar-refractivity contribution in [3.05, 3.63) is 63.2 Å². The highest BCUT2D eigenvalue weighted by atomic mass is 15.1. The molecule has 0 aromatic heterocycles. The highest BCUT2D eigenvalue weighted by Crippen LogP contribution is 2.37. The number of nitrogens with zero attached hydrogens (tertiary/aromatic N) is 2. The third-order valence-corrected chi connectivity index (χ3v) is 6.45. The molecule has 0 bridgehead atoms. The Morgan fingerprint density at radius 3 is 2.41 bits per heavy atom. The molecule has 0 amide bonds. The molecule has 2 aliphatic rings. The molecule has 2 heteroatoms. The van der Waals surface area contributed by atoms with E-state index in [0.717, 1.165) is 26.2 Å². The van der Waals surface area contributed by atoms with Gasteiger partial charge in [-0.05, 0) is 67.0 Å². The Hall–Kier alpha value is -2.09. The van der Waals surface area contributed by atoms with Crippen LogP contribution in [0.4, 0.5) is 5.69 Å². The van der Waals surface area contributed by atoms with Crippen LogP contribution in [0.1, 0.15) is 64.3 Å². The summed E-state index contributed by atoms with van der Waals surface area (Å²) in [5.41, 5.74) is 7.19. The van der Waals surface area contributed by atoms with Gasteiger partial charge in [0, 0.05) is 42.2 Å². The summed E-state index contributed by atoms with van der Waals surface area (Å²) in [4.78, 5) is 2.44. The lowest BCUT2D eigenvalue weighted by molar-refractivity contribution is 0.619. The third-order valence-electron chi connectivity index (χ3n) is 6.45. The first-order chi connectivity index (χ1) is 12.5. The molecule has 0 unspecified atom stereocenters. The van der Waals surface area contributed by atoms with E-state index in [0.29, 0.717) is 0 Å². The predicted molar refractivity (Wildman–Crippen MR) is 118 cm³/mol. The van der Waals surface area contributed by atoms with E-state index >= 15 is 0 Å². The van der Waals surface area contributed by atoms with Crippen LogP contribution in [-0.4, -0.2) is 26.2 Å². The predicted octanol–water partition coefficient (Wildman–Crippen LogP) is 3.70. The van der Waals surface area contributed by atoms with Gasteiger partial charge < -0.3 is 4.90 Å². The van der Waals surface area contributed by atoms with Crippen LogP contribution in [0.2, 0.25) is 0 Å². The zero-order valence-electron chi connectivity index (χ0n) is 16.9. The molecule has 0 N–H and O–H groups in total. The van der Waals surface area contributed by atoms with Crippen molar-refractivity contribution >= 4 is 11.8 Å². The molecule has 27 heavy (non-hydrogen) atoms. The molecule has 0 fully saturated rings. The molecular formula is C25H35N2+. The van der Waals surface area contributed by atoms with Crippen LogP contribution >= 0.6 is 0 Å². The second kappa shape index (κ2) is 7.14. The first-order valence-electron chi connectivity index (χ1n) is 10.2. The first kappa shape index (κ1) is 19.7. The van der Waals surface area contributed by atoms with Crippen LogP contribution in [-0.2, 0) is 11.8 Å². The number of anilines is 1. The SMILES string of the molecule is C.CCN(CC)c1ccc2c(c1)C(C)(C)c1cc3c(cc1=C2)CC[N+]=3CC. The summed E-state index contributed by atoms with van der Waals surface area (Å²) in [6.45, 7) is 15.9. The highest BCUT2D eigenvalue weighted by Gasteiger charge is 2.32. The molecule has 2 nitrogen and oxygen atoms in total. The minimum absolute atomic E-state index is 0. The van der Waals surface area contributed by atoms with Crippen LogP contribution in [0.15, 0.2) is 30.3 Å². The highest BCUT2D eigenvalue weighted by molar-refractivity contribution is 5.68. The summed E-state index contributed by atoms with van der Waals surface area (Å²) >= 11 is 0. The molecule has 0 radical (unpaired) electrons. The zero-order valence-corrected chi connectivity index (χ0v) is 16.9. The zero-order chi connectivity index (χ0) is 18.5. The van der Waals surface area contributed by atoms with E-state index < -0.39 is 0 Å². The molecule has 1 aliphatic carbocycles. The number of hydrogen-bond acceptors (Lipinski definition) is 1. The smallest absolute Gasteiger partial charge is 0.203 e. The minimum atomic E-state index is 0. The maximum atomic E-state index is 2.52. The van der Waals surface area contributed by atoms with E-state index in [9.17, 15) is 0 Å². The van der Waals surface area contributed by atoms with E-state index in [2.05, 4.69) is 80.5 Å². The van der Waals surface area contributed by atoms with Gasteiger partial charge in [-0.3, -0.25) is 0 Å².